The number of rotatable bonds is 6. The minimum Gasteiger partial charge on any atom is -0.484 e. The van der Waals surface area contributed by atoms with Gasteiger partial charge in [-0.3, -0.25) is 9.59 Å². The summed E-state index contributed by atoms with van der Waals surface area (Å²) in [5.41, 5.74) is 2.89. The van der Waals surface area contributed by atoms with E-state index in [2.05, 4.69) is 27.9 Å². The van der Waals surface area contributed by atoms with Crippen molar-refractivity contribution in [3.05, 3.63) is 57.2 Å². The maximum Gasteiger partial charge on any atom is 0.260 e. The van der Waals surface area contributed by atoms with E-state index in [1.165, 1.54) is 4.90 Å². The first kappa shape index (κ1) is 19.2. The van der Waals surface area contributed by atoms with Crippen molar-refractivity contribution in [2.75, 3.05) is 25.5 Å². The van der Waals surface area contributed by atoms with E-state index in [1.807, 2.05) is 56.3 Å². The molecule has 0 atom stereocenters. The van der Waals surface area contributed by atoms with Gasteiger partial charge >= 0.3 is 0 Å². The van der Waals surface area contributed by atoms with Gasteiger partial charge in [0.2, 0.25) is 5.91 Å². The van der Waals surface area contributed by atoms with Gasteiger partial charge in [0, 0.05) is 16.3 Å². The first-order valence-electron chi connectivity index (χ1n) is 7.85. The minimum absolute atomic E-state index is 0.0255. The summed E-state index contributed by atoms with van der Waals surface area (Å²) in [5, 5.41) is 2.84. The van der Waals surface area contributed by atoms with E-state index in [0.29, 0.717) is 5.75 Å². The SMILES string of the molecule is Cc1cccc(NC(=O)CN(C)C(=O)COc2ccc(I)cc2)c1C. The summed E-state index contributed by atoms with van der Waals surface area (Å²) >= 11 is 2.20. The zero-order valence-corrected chi connectivity index (χ0v) is 16.7. The molecule has 0 aromatic heterocycles. The molecule has 2 amide bonds. The summed E-state index contributed by atoms with van der Waals surface area (Å²) < 4.78 is 6.55. The Morgan fingerprint density at radius 2 is 1.80 bits per heavy atom. The van der Waals surface area contributed by atoms with Crippen LogP contribution in [0.25, 0.3) is 0 Å². The van der Waals surface area contributed by atoms with Crippen molar-refractivity contribution in [3.63, 3.8) is 0 Å². The number of ether oxygens (including phenoxy) is 1. The molecule has 0 saturated carbocycles. The monoisotopic (exact) mass is 452 g/mol. The second kappa shape index (κ2) is 8.84. The van der Waals surface area contributed by atoms with E-state index < -0.39 is 0 Å². The van der Waals surface area contributed by atoms with Crippen LogP contribution < -0.4 is 10.1 Å². The number of hydrogen-bond donors (Lipinski definition) is 1. The minimum atomic E-state index is -0.255. The molecule has 6 heteroatoms. The molecular weight excluding hydrogens is 431 g/mol. The van der Waals surface area contributed by atoms with Crippen LogP contribution in [0.2, 0.25) is 0 Å². The summed E-state index contributed by atoms with van der Waals surface area (Å²) in [5.74, 6) is 0.135. The number of carbonyl (C=O) groups excluding carboxylic acids is 2. The quantitative estimate of drug-likeness (QED) is 0.684. The lowest BCUT2D eigenvalue weighted by atomic mass is 10.1. The van der Waals surface area contributed by atoms with Crippen molar-refractivity contribution in [1.29, 1.82) is 0 Å². The van der Waals surface area contributed by atoms with Gasteiger partial charge in [0.05, 0.1) is 6.54 Å². The Morgan fingerprint density at radius 1 is 1.12 bits per heavy atom. The number of amides is 2. The topological polar surface area (TPSA) is 58.6 Å². The molecule has 0 aliphatic heterocycles. The van der Waals surface area contributed by atoms with Gasteiger partial charge in [-0.2, -0.15) is 0 Å². The number of nitrogens with one attached hydrogen (secondary N) is 1. The molecular formula is C19H21IN2O3. The molecule has 0 spiro atoms. The number of nitrogens with zero attached hydrogens (tertiary/aromatic N) is 1. The maximum atomic E-state index is 12.2. The van der Waals surface area contributed by atoms with Crippen LogP contribution in [0.4, 0.5) is 5.69 Å². The highest BCUT2D eigenvalue weighted by Crippen LogP contribution is 2.18. The molecule has 2 aromatic rings. The molecule has 132 valence electrons. The van der Waals surface area contributed by atoms with E-state index >= 15 is 0 Å². The number of likely N-dealkylation sites (N-methyl/N-ethyl adjacent to an activating group) is 1. The molecule has 2 rings (SSSR count). The van der Waals surface area contributed by atoms with Crippen molar-refractivity contribution < 1.29 is 14.3 Å². The molecule has 2 aromatic carbocycles. The second-order valence-corrected chi connectivity index (χ2v) is 7.03. The van der Waals surface area contributed by atoms with E-state index in [9.17, 15) is 9.59 Å². The molecule has 0 saturated heterocycles. The lowest BCUT2D eigenvalue weighted by molar-refractivity contribution is -0.135. The van der Waals surface area contributed by atoms with Gasteiger partial charge in [0.25, 0.3) is 5.91 Å². The summed E-state index contributed by atoms with van der Waals surface area (Å²) in [4.78, 5) is 25.6. The van der Waals surface area contributed by atoms with Crippen molar-refractivity contribution >= 4 is 40.1 Å². The average molecular weight is 452 g/mol. The van der Waals surface area contributed by atoms with Crippen LogP contribution in [0, 0.1) is 17.4 Å². The maximum absolute atomic E-state index is 12.2. The zero-order chi connectivity index (χ0) is 18.4. The molecule has 0 bridgehead atoms. The van der Waals surface area contributed by atoms with Crippen LogP contribution >= 0.6 is 22.6 Å². The Bertz CT molecular complexity index is 760. The van der Waals surface area contributed by atoms with Crippen LogP contribution in [0.3, 0.4) is 0 Å². The average Bonchev–Trinajstić information content (AvgIpc) is 2.58. The van der Waals surface area contributed by atoms with Crippen LogP contribution in [-0.4, -0.2) is 36.9 Å². The Morgan fingerprint density at radius 3 is 2.48 bits per heavy atom. The fourth-order valence-corrected chi connectivity index (χ4v) is 2.53. The van der Waals surface area contributed by atoms with E-state index in [-0.39, 0.29) is 25.0 Å². The number of aryl methyl sites for hydroxylation is 1. The Kier molecular flexibility index (Phi) is 6.81. The predicted molar refractivity (Wildman–Crippen MR) is 107 cm³/mol. The molecule has 0 radical (unpaired) electrons. The van der Waals surface area contributed by atoms with Gasteiger partial charge in [-0.25, -0.2) is 0 Å². The number of carbonyl (C=O) groups is 2. The molecule has 5 nitrogen and oxygen atoms in total. The van der Waals surface area contributed by atoms with Gasteiger partial charge < -0.3 is 15.0 Å². The third-order valence-electron chi connectivity index (χ3n) is 3.86. The number of hydrogen-bond acceptors (Lipinski definition) is 3. The second-order valence-electron chi connectivity index (χ2n) is 5.79. The molecule has 1 N–H and O–H groups in total. The first-order chi connectivity index (χ1) is 11.9. The molecule has 0 unspecified atom stereocenters. The Labute approximate surface area is 161 Å². The van der Waals surface area contributed by atoms with Crippen molar-refractivity contribution in [2.45, 2.75) is 13.8 Å². The van der Waals surface area contributed by atoms with E-state index in [0.717, 1.165) is 20.4 Å². The van der Waals surface area contributed by atoms with Crippen LogP contribution in [-0.2, 0) is 9.59 Å². The smallest absolute Gasteiger partial charge is 0.260 e. The van der Waals surface area contributed by atoms with Gasteiger partial charge in [-0.1, -0.05) is 12.1 Å². The molecule has 25 heavy (non-hydrogen) atoms. The summed E-state index contributed by atoms with van der Waals surface area (Å²) in [6.07, 6.45) is 0. The highest BCUT2D eigenvalue weighted by molar-refractivity contribution is 14.1. The fourth-order valence-electron chi connectivity index (χ4n) is 2.17. The van der Waals surface area contributed by atoms with Crippen LogP contribution in [0.1, 0.15) is 11.1 Å². The van der Waals surface area contributed by atoms with Crippen LogP contribution in [0.5, 0.6) is 5.75 Å². The zero-order valence-electron chi connectivity index (χ0n) is 14.5. The van der Waals surface area contributed by atoms with Crippen LogP contribution in [0.15, 0.2) is 42.5 Å². The highest BCUT2D eigenvalue weighted by atomic mass is 127. The number of halogens is 1. The van der Waals surface area contributed by atoms with Crippen molar-refractivity contribution in [1.82, 2.24) is 4.90 Å². The largest absolute Gasteiger partial charge is 0.484 e. The molecule has 0 fully saturated rings. The van der Waals surface area contributed by atoms with E-state index in [1.54, 1.807) is 7.05 Å². The van der Waals surface area contributed by atoms with Gasteiger partial charge in [0.1, 0.15) is 5.75 Å². The lowest BCUT2D eigenvalue weighted by Crippen LogP contribution is -2.37. The summed E-state index contributed by atoms with van der Waals surface area (Å²) in [7, 11) is 1.59. The normalized spacial score (nSPS) is 10.2. The summed E-state index contributed by atoms with van der Waals surface area (Å²) in [6, 6.07) is 13.2. The summed E-state index contributed by atoms with van der Waals surface area (Å²) in [6.45, 7) is 3.81. The molecule has 0 heterocycles. The van der Waals surface area contributed by atoms with Gasteiger partial charge in [-0.05, 0) is 77.9 Å². The standard InChI is InChI=1S/C19H21IN2O3/c1-13-5-4-6-17(14(13)2)21-18(23)11-22(3)19(24)12-25-16-9-7-15(20)8-10-16/h4-10H,11-12H2,1-3H3,(H,21,23). The number of benzene rings is 2. The predicted octanol–water partition coefficient (Wildman–Crippen LogP) is 3.38. The van der Waals surface area contributed by atoms with Gasteiger partial charge in [0.15, 0.2) is 6.61 Å². The highest BCUT2D eigenvalue weighted by Gasteiger charge is 2.14. The first-order valence-corrected chi connectivity index (χ1v) is 8.93. The van der Waals surface area contributed by atoms with Crippen molar-refractivity contribution in [2.24, 2.45) is 0 Å². The third kappa shape index (κ3) is 5.74. The van der Waals surface area contributed by atoms with Crippen molar-refractivity contribution in [3.8, 4) is 5.75 Å². The molecule has 0 aliphatic rings. The van der Waals surface area contributed by atoms with E-state index in [4.69, 9.17) is 4.74 Å². The Hall–Kier alpha value is -2.09. The van der Waals surface area contributed by atoms with Gasteiger partial charge in [-0.15, -0.1) is 0 Å². The lowest BCUT2D eigenvalue weighted by Gasteiger charge is -2.18. The Balaban J connectivity index is 1.84. The third-order valence-corrected chi connectivity index (χ3v) is 4.58. The molecule has 0 aliphatic carbocycles. The number of anilines is 1. The fraction of sp³-hybridized carbons (Fsp3) is 0.263.